The third kappa shape index (κ3) is 3.98. The SMILES string of the molecule is CN(Cc1ccccc1)c1ncccc1CNc1ccnc(N)n1. The lowest BCUT2D eigenvalue weighted by Crippen LogP contribution is -2.20. The largest absolute Gasteiger partial charge is 0.368 e. The summed E-state index contributed by atoms with van der Waals surface area (Å²) in [5.74, 6) is 1.89. The lowest BCUT2D eigenvalue weighted by atomic mass is 10.2. The topological polar surface area (TPSA) is 80.0 Å². The van der Waals surface area contributed by atoms with Gasteiger partial charge in [0.15, 0.2) is 0 Å². The highest BCUT2D eigenvalue weighted by Crippen LogP contribution is 2.19. The van der Waals surface area contributed by atoms with E-state index >= 15 is 0 Å². The molecule has 2 heterocycles. The number of pyridine rings is 1. The van der Waals surface area contributed by atoms with Crippen LogP contribution in [0.4, 0.5) is 17.6 Å². The second kappa shape index (κ2) is 7.41. The number of hydrogen-bond acceptors (Lipinski definition) is 6. The summed E-state index contributed by atoms with van der Waals surface area (Å²) in [5, 5.41) is 3.26. The molecule has 24 heavy (non-hydrogen) atoms. The van der Waals surface area contributed by atoms with E-state index in [2.05, 4.69) is 43.4 Å². The van der Waals surface area contributed by atoms with Gasteiger partial charge in [-0.05, 0) is 17.7 Å². The Balaban J connectivity index is 1.72. The molecule has 3 aromatic rings. The van der Waals surface area contributed by atoms with Crippen molar-refractivity contribution in [1.29, 1.82) is 0 Å². The zero-order valence-corrected chi connectivity index (χ0v) is 13.6. The third-order valence-corrected chi connectivity index (χ3v) is 3.63. The molecule has 6 nitrogen and oxygen atoms in total. The molecule has 0 aliphatic rings. The number of nitrogen functional groups attached to an aromatic ring is 1. The van der Waals surface area contributed by atoms with Gasteiger partial charge in [-0.1, -0.05) is 36.4 Å². The molecule has 0 saturated carbocycles. The predicted molar refractivity (Wildman–Crippen MR) is 96.6 cm³/mol. The minimum absolute atomic E-state index is 0.257. The summed E-state index contributed by atoms with van der Waals surface area (Å²) < 4.78 is 0. The maximum atomic E-state index is 5.61. The zero-order chi connectivity index (χ0) is 16.8. The van der Waals surface area contributed by atoms with Crippen molar-refractivity contribution in [2.75, 3.05) is 23.0 Å². The smallest absolute Gasteiger partial charge is 0.221 e. The molecule has 0 radical (unpaired) electrons. The first-order chi connectivity index (χ1) is 11.7. The van der Waals surface area contributed by atoms with Gasteiger partial charge in [0.05, 0.1) is 0 Å². The molecule has 3 N–H and O–H groups in total. The van der Waals surface area contributed by atoms with Gasteiger partial charge in [-0.3, -0.25) is 0 Å². The van der Waals surface area contributed by atoms with Crippen LogP contribution in [0.25, 0.3) is 0 Å². The molecule has 3 rings (SSSR count). The van der Waals surface area contributed by atoms with Gasteiger partial charge in [0.2, 0.25) is 5.95 Å². The Labute approximate surface area is 141 Å². The van der Waals surface area contributed by atoms with Crippen molar-refractivity contribution in [3.05, 3.63) is 72.1 Å². The molecule has 0 bridgehead atoms. The quantitative estimate of drug-likeness (QED) is 0.727. The number of nitrogens with zero attached hydrogens (tertiary/aromatic N) is 4. The summed E-state index contributed by atoms with van der Waals surface area (Å²) in [6.07, 6.45) is 3.44. The van der Waals surface area contributed by atoms with Gasteiger partial charge >= 0.3 is 0 Å². The Morgan fingerprint density at radius 2 is 1.83 bits per heavy atom. The maximum absolute atomic E-state index is 5.61. The number of aromatic nitrogens is 3. The number of rotatable bonds is 6. The van der Waals surface area contributed by atoms with Crippen LogP contribution in [0.1, 0.15) is 11.1 Å². The van der Waals surface area contributed by atoms with Crippen molar-refractivity contribution in [3.63, 3.8) is 0 Å². The molecule has 0 unspecified atom stereocenters. The molecule has 0 fully saturated rings. The molecule has 0 amide bonds. The van der Waals surface area contributed by atoms with Gasteiger partial charge in [0, 0.05) is 38.1 Å². The summed E-state index contributed by atoms with van der Waals surface area (Å²) in [5.41, 5.74) is 7.94. The number of nitrogens with two attached hydrogens (primary N) is 1. The highest BCUT2D eigenvalue weighted by molar-refractivity contribution is 5.49. The van der Waals surface area contributed by atoms with Crippen molar-refractivity contribution < 1.29 is 0 Å². The van der Waals surface area contributed by atoms with Crippen molar-refractivity contribution in [3.8, 4) is 0 Å². The Hall–Kier alpha value is -3.15. The second-order valence-electron chi connectivity index (χ2n) is 5.48. The molecule has 0 aliphatic carbocycles. The van der Waals surface area contributed by atoms with Crippen molar-refractivity contribution in [1.82, 2.24) is 15.0 Å². The molecular formula is C18H20N6. The number of nitrogens with one attached hydrogen (secondary N) is 1. The molecule has 0 spiro atoms. The lowest BCUT2D eigenvalue weighted by Gasteiger charge is -2.21. The van der Waals surface area contributed by atoms with Gasteiger partial charge in [0.25, 0.3) is 0 Å². The molecule has 0 atom stereocenters. The zero-order valence-electron chi connectivity index (χ0n) is 13.6. The van der Waals surface area contributed by atoms with Gasteiger partial charge in [-0.15, -0.1) is 0 Å². The average molecular weight is 320 g/mol. The standard InChI is InChI=1S/C18H20N6/c1-24(13-14-6-3-2-4-7-14)17-15(8-5-10-20-17)12-22-16-9-11-21-18(19)23-16/h2-11H,12-13H2,1H3,(H3,19,21,22,23). The molecule has 6 heteroatoms. The summed E-state index contributed by atoms with van der Waals surface area (Å²) in [6.45, 7) is 1.41. The fourth-order valence-electron chi connectivity index (χ4n) is 2.50. The molecule has 0 saturated heterocycles. The van der Waals surface area contributed by atoms with Crippen LogP contribution < -0.4 is 16.0 Å². The molecule has 0 aliphatic heterocycles. The van der Waals surface area contributed by atoms with Gasteiger partial charge in [0.1, 0.15) is 11.6 Å². The summed E-state index contributed by atoms with van der Waals surface area (Å²) >= 11 is 0. The van der Waals surface area contributed by atoms with Crippen LogP contribution >= 0.6 is 0 Å². The Kier molecular flexibility index (Phi) is 4.86. The summed E-state index contributed by atoms with van der Waals surface area (Å²) in [4.78, 5) is 14.7. The van der Waals surface area contributed by atoms with E-state index in [0.29, 0.717) is 12.4 Å². The van der Waals surface area contributed by atoms with Crippen molar-refractivity contribution in [2.24, 2.45) is 0 Å². The highest BCUT2D eigenvalue weighted by Gasteiger charge is 2.09. The van der Waals surface area contributed by atoms with Crippen LogP contribution in [0.5, 0.6) is 0 Å². The van der Waals surface area contributed by atoms with Crippen LogP contribution in [0.15, 0.2) is 60.9 Å². The number of anilines is 3. The molecule has 2 aromatic heterocycles. The van der Waals surface area contributed by atoms with Crippen LogP contribution in [0.3, 0.4) is 0 Å². The van der Waals surface area contributed by atoms with E-state index in [0.717, 1.165) is 17.9 Å². The molecule has 122 valence electrons. The van der Waals surface area contributed by atoms with Crippen molar-refractivity contribution in [2.45, 2.75) is 13.1 Å². The number of benzene rings is 1. The van der Waals surface area contributed by atoms with Gasteiger partial charge in [-0.2, -0.15) is 4.98 Å². The van der Waals surface area contributed by atoms with E-state index in [1.54, 1.807) is 12.3 Å². The first-order valence-corrected chi connectivity index (χ1v) is 7.74. The average Bonchev–Trinajstić information content (AvgIpc) is 2.61. The van der Waals surface area contributed by atoms with Crippen molar-refractivity contribution >= 4 is 17.6 Å². The maximum Gasteiger partial charge on any atom is 0.221 e. The van der Waals surface area contributed by atoms with Crippen LogP contribution in [0.2, 0.25) is 0 Å². The minimum atomic E-state index is 0.257. The van der Waals surface area contributed by atoms with E-state index in [1.807, 2.05) is 37.5 Å². The monoisotopic (exact) mass is 320 g/mol. The van der Waals surface area contributed by atoms with Crippen LogP contribution in [-0.4, -0.2) is 22.0 Å². The van der Waals surface area contributed by atoms with E-state index in [-0.39, 0.29) is 5.95 Å². The Morgan fingerprint density at radius 3 is 2.62 bits per heavy atom. The fourth-order valence-corrected chi connectivity index (χ4v) is 2.50. The lowest BCUT2D eigenvalue weighted by molar-refractivity contribution is 0.881. The Morgan fingerprint density at radius 1 is 1.00 bits per heavy atom. The fraction of sp³-hybridized carbons (Fsp3) is 0.167. The van der Waals surface area contributed by atoms with E-state index in [9.17, 15) is 0 Å². The minimum Gasteiger partial charge on any atom is -0.368 e. The first kappa shape index (κ1) is 15.7. The highest BCUT2D eigenvalue weighted by atomic mass is 15.2. The predicted octanol–water partition coefficient (Wildman–Crippen LogP) is 2.70. The van der Waals surface area contributed by atoms with Crippen LogP contribution in [0, 0.1) is 0 Å². The Bertz CT molecular complexity index is 790. The van der Waals surface area contributed by atoms with E-state index in [4.69, 9.17) is 5.73 Å². The van der Waals surface area contributed by atoms with Crippen LogP contribution in [-0.2, 0) is 13.1 Å². The number of hydrogen-bond donors (Lipinski definition) is 2. The second-order valence-corrected chi connectivity index (χ2v) is 5.48. The third-order valence-electron chi connectivity index (χ3n) is 3.63. The normalized spacial score (nSPS) is 10.4. The van der Waals surface area contributed by atoms with E-state index in [1.165, 1.54) is 5.56 Å². The molecular weight excluding hydrogens is 300 g/mol. The summed E-state index contributed by atoms with van der Waals surface area (Å²) in [6, 6.07) is 16.1. The summed E-state index contributed by atoms with van der Waals surface area (Å²) in [7, 11) is 2.04. The van der Waals surface area contributed by atoms with Gasteiger partial charge in [-0.25, -0.2) is 9.97 Å². The van der Waals surface area contributed by atoms with Gasteiger partial charge < -0.3 is 16.0 Å². The molecule has 1 aromatic carbocycles. The van der Waals surface area contributed by atoms with E-state index < -0.39 is 0 Å². The first-order valence-electron chi connectivity index (χ1n) is 7.74.